The Labute approximate surface area is 136 Å². The van der Waals surface area contributed by atoms with Crippen LogP contribution in [0.15, 0.2) is 30.3 Å². The summed E-state index contributed by atoms with van der Waals surface area (Å²) in [4.78, 5) is 22.8. The van der Waals surface area contributed by atoms with Crippen molar-refractivity contribution in [3.63, 3.8) is 0 Å². The molecule has 1 rings (SSSR count). The summed E-state index contributed by atoms with van der Waals surface area (Å²) in [5.74, 6) is 0. The Balaban J connectivity index is 2.00. The molecule has 0 atom stereocenters. The van der Waals surface area contributed by atoms with Crippen molar-refractivity contribution in [2.45, 2.75) is 33.0 Å². The third-order valence-electron chi connectivity index (χ3n) is 2.45. The summed E-state index contributed by atoms with van der Waals surface area (Å²) in [5, 5.41) is 5.00. The number of hydrogen-bond acceptors (Lipinski definition) is 5. The highest BCUT2D eigenvalue weighted by atomic mass is 16.6. The average Bonchev–Trinajstić information content (AvgIpc) is 2.48. The van der Waals surface area contributed by atoms with Gasteiger partial charge in [-0.15, -0.1) is 0 Å². The molecule has 0 aliphatic heterocycles. The molecule has 0 saturated carbocycles. The van der Waals surface area contributed by atoms with E-state index in [0.717, 1.165) is 5.56 Å². The lowest BCUT2D eigenvalue weighted by Crippen LogP contribution is -2.35. The van der Waals surface area contributed by atoms with Crippen LogP contribution in [-0.4, -0.2) is 37.7 Å². The predicted molar refractivity (Wildman–Crippen MR) is 84.8 cm³/mol. The molecule has 0 aromatic heterocycles. The Bertz CT molecular complexity index is 485. The summed E-state index contributed by atoms with van der Waals surface area (Å²) < 4.78 is 15.2. The van der Waals surface area contributed by atoms with Gasteiger partial charge >= 0.3 is 12.2 Å². The van der Waals surface area contributed by atoms with Crippen LogP contribution in [-0.2, 0) is 20.8 Å². The van der Waals surface area contributed by atoms with E-state index < -0.39 is 17.8 Å². The summed E-state index contributed by atoms with van der Waals surface area (Å²) in [7, 11) is 0. The molecule has 0 heterocycles. The molecule has 23 heavy (non-hydrogen) atoms. The Morgan fingerprint density at radius 2 is 1.74 bits per heavy atom. The number of hydrogen-bond donors (Lipinski definition) is 2. The first kappa shape index (κ1) is 18.8. The molecule has 2 N–H and O–H groups in total. The van der Waals surface area contributed by atoms with Crippen molar-refractivity contribution < 1.29 is 23.8 Å². The van der Waals surface area contributed by atoms with Crippen LogP contribution >= 0.6 is 0 Å². The molecule has 0 saturated heterocycles. The molecule has 7 nitrogen and oxygen atoms in total. The maximum Gasteiger partial charge on any atom is 0.409 e. The summed E-state index contributed by atoms with van der Waals surface area (Å²) >= 11 is 0. The largest absolute Gasteiger partial charge is 0.445 e. The maximum atomic E-state index is 11.4. The van der Waals surface area contributed by atoms with Crippen LogP contribution < -0.4 is 10.6 Å². The number of rotatable bonds is 7. The molecule has 0 unspecified atom stereocenters. The summed E-state index contributed by atoms with van der Waals surface area (Å²) in [6, 6.07) is 9.37. The highest BCUT2D eigenvalue weighted by Gasteiger charge is 2.15. The first-order valence-electron chi connectivity index (χ1n) is 7.36. The summed E-state index contributed by atoms with van der Waals surface area (Å²) in [6.45, 7) is 6.10. The maximum absolute atomic E-state index is 11.4. The van der Waals surface area contributed by atoms with Crippen LogP contribution in [0.5, 0.6) is 0 Å². The van der Waals surface area contributed by atoms with Crippen molar-refractivity contribution in [3.8, 4) is 0 Å². The van der Waals surface area contributed by atoms with Crippen molar-refractivity contribution in [2.75, 3.05) is 19.9 Å². The fourth-order valence-corrected chi connectivity index (χ4v) is 1.50. The van der Waals surface area contributed by atoms with E-state index in [0.29, 0.717) is 0 Å². The number of carbonyl (C=O) groups is 2. The average molecular weight is 324 g/mol. The van der Waals surface area contributed by atoms with Gasteiger partial charge in [0.15, 0.2) is 0 Å². The number of alkyl carbamates (subject to hydrolysis) is 2. The topological polar surface area (TPSA) is 85.9 Å². The van der Waals surface area contributed by atoms with Gasteiger partial charge in [0.1, 0.15) is 18.9 Å². The normalized spacial score (nSPS) is 10.7. The fraction of sp³-hybridized carbons (Fsp3) is 0.500. The van der Waals surface area contributed by atoms with E-state index in [2.05, 4.69) is 10.6 Å². The van der Waals surface area contributed by atoms with Crippen LogP contribution in [0.25, 0.3) is 0 Å². The number of carbonyl (C=O) groups excluding carboxylic acids is 2. The van der Waals surface area contributed by atoms with Gasteiger partial charge in [-0.25, -0.2) is 9.59 Å². The Morgan fingerprint density at radius 1 is 1.04 bits per heavy atom. The Hall–Kier alpha value is -2.28. The van der Waals surface area contributed by atoms with Gasteiger partial charge in [-0.2, -0.15) is 0 Å². The van der Waals surface area contributed by atoms with Crippen molar-refractivity contribution >= 4 is 12.2 Å². The van der Waals surface area contributed by atoms with Gasteiger partial charge in [0.25, 0.3) is 0 Å². The molecule has 0 radical (unpaired) electrons. The molecule has 1 aromatic rings. The van der Waals surface area contributed by atoms with E-state index in [-0.39, 0.29) is 26.5 Å². The number of nitrogens with one attached hydrogen (secondary N) is 2. The van der Waals surface area contributed by atoms with Crippen LogP contribution in [0.1, 0.15) is 26.3 Å². The zero-order chi connectivity index (χ0) is 17.1. The van der Waals surface area contributed by atoms with Crippen LogP contribution in [0.2, 0.25) is 0 Å². The van der Waals surface area contributed by atoms with Gasteiger partial charge in [0, 0.05) is 6.54 Å². The van der Waals surface area contributed by atoms with E-state index in [9.17, 15) is 9.59 Å². The molecular formula is C16H24N2O5. The van der Waals surface area contributed by atoms with Gasteiger partial charge in [0.2, 0.25) is 0 Å². The van der Waals surface area contributed by atoms with Gasteiger partial charge < -0.3 is 19.5 Å². The number of ether oxygens (including phenoxy) is 3. The minimum Gasteiger partial charge on any atom is -0.445 e. The molecule has 1 aromatic carbocycles. The molecule has 0 aliphatic rings. The first-order valence-corrected chi connectivity index (χ1v) is 7.36. The lowest BCUT2D eigenvalue weighted by molar-refractivity contribution is 0.0487. The molecular weight excluding hydrogens is 300 g/mol. The first-order chi connectivity index (χ1) is 10.9. The Morgan fingerprint density at radius 3 is 2.39 bits per heavy atom. The van der Waals surface area contributed by atoms with Crippen molar-refractivity contribution in [3.05, 3.63) is 35.9 Å². The standard InChI is InChI=1S/C16H24N2O5/c1-16(2,3)23-15(20)17-9-10-21-12-18-14(19)22-11-13-7-5-4-6-8-13/h4-8H,9-12H2,1-3H3,(H,17,20)(H,18,19). The lowest BCUT2D eigenvalue weighted by atomic mass is 10.2. The van der Waals surface area contributed by atoms with Crippen LogP contribution in [0, 0.1) is 0 Å². The van der Waals surface area contributed by atoms with Gasteiger partial charge in [-0.1, -0.05) is 30.3 Å². The highest BCUT2D eigenvalue weighted by molar-refractivity contribution is 5.67. The van der Waals surface area contributed by atoms with Crippen molar-refractivity contribution in [2.24, 2.45) is 0 Å². The zero-order valence-corrected chi connectivity index (χ0v) is 13.8. The third-order valence-corrected chi connectivity index (χ3v) is 2.45. The second-order valence-corrected chi connectivity index (χ2v) is 5.72. The van der Waals surface area contributed by atoms with Crippen molar-refractivity contribution in [1.29, 1.82) is 0 Å². The van der Waals surface area contributed by atoms with E-state index >= 15 is 0 Å². The third kappa shape index (κ3) is 10.1. The van der Waals surface area contributed by atoms with Gasteiger partial charge in [-0.3, -0.25) is 5.32 Å². The summed E-state index contributed by atoms with van der Waals surface area (Å²) in [5.41, 5.74) is 0.375. The van der Waals surface area contributed by atoms with E-state index in [1.54, 1.807) is 20.8 Å². The molecule has 2 amide bonds. The van der Waals surface area contributed by atoms with Gasteiger partial charge in [0.05, 0.1) is 6.61 Å². The summed E-state index contributed by atoms with van der Waals surface area (Å²) in [6.07, 6.45) is -1.06. The minimum atomic E-state index is -0.561. The van der Waals surface area contributed by atoms with Crippen LogP contribution in [0.4, 0.5) is 9.59 Å². The Kier molecular flexibility index (Phi) is 7.90. The lowest BCUT2D eigenvalue weighted by Gasteiger charge is -2.19. The van der Waals surface area contributed by atoms with E-state index in [1.807, 2.05) is 30.3 Å². The van der Waals surface area contributed by atoms with Crippen molar-refractivity contribution in [1.82, 2.24) is 10.6 Å². The fourth-order valence-electron chi connectivity index (χ4n) is 1.50. The molecule has 0 aliphatic carbocycles. The smallest absolute Gasteiger partial charge is 0.409 e. The number of benzene rings is 1. The predicted octanol–water partition coefficient (Wildman–Crippen LogP) is 2.41. The quantitative estimate of drug-likeness (QED) is 0.594. The second kappa shape index (κ2) is 9.68. The van der Waals surface area contributed by atoms with Crippen LogP contribution in [0.3, 0.4) is 0 Å². The van der Waals surface area contributed by atoms with Gasteiger partial charge in [-0.05, 0) is 26.3 Å². The molecule has 0 spiro atoms. The highest BCUT2D eigenvalue weighted by Crippen LogP contribution is 2.06. The number of amides is 2. The molecule has 128 valence electrons. The molecule has 7 heteroatoms. The molecule has 0 bridgehead atoms. The monoisotopic (exact) mass is 324 g/mol. The second-order valence-electron chi connectivity index (χ2n) is 5.72. The molecule has 0 fully saturated rings. The van der Waals surface area contributed by atoms with E-state index in [4.69, 9.17) is 14.2 Å². The minimum absolute atomic E-state index is 0.00359. The SMILES string of the molecule is CC(C)(C)OC(=O)NCCOCNC(=O)OCc1ccccc1. The zero-order valence-electron chi connectivity index (χ0n) is 13.8. The van der Waals surface area contributed by atoms with E-state index in [1.165, 1.54) is 0 Å².